The summed E-state index contributed by atoms with van der Waals surface area (Å²) in [7, 11) is 0. The summed E-state index contributed by atoms with van der Waals surface area (Å²) < 4.78 is 6.53. The monoisotopic (exact) mass is 211 g/mol. The Kier molecular flexibility index (Phi) is 3.19. The summed E-state index contributed by atoms with van der Waals surface area (Å²) in [4.78, 5) is 11.7. The van der Waals surface area contributed by atoms with Crippen LogP contribution >= 0.6 is 0 Å². The Morgan fingerprint density at radius 1 is 1.53 bits per heavy atom. The van der Waals surface area contributed by atoms with E-state index >= 15 is 0 Å². The molecule has 1 N–H and O–H groups in total. The van der Waals surface area contributed by atoms with E-state index in [4.69, 9.17) is 9.84 Å². The lowest BCUT2D eigenvalue weighted by Crippen LogP contribution is -2.27. The minimum Gasteiger partial charge on any atom is -0.443 e. The average molecular weight is 211 g/mol. The third-order valence-electron chi connectivity index (χ3n) is 1.96. The molecule has 0 aliphatic rings. The molecule has 4 heteroatoms. The van der Waals surface area contributed by atoms with E-state index in [1.807, 2.05) is 6.92 Å². The fourth-order valence-corrected chi connectivity index (χ4v) is 1.25. The van der Waals surface area contributed by atoms with Crippen molar-refractivity contribution >= 4 is 6.09 Å². The van der Waals surface area contributed by atoms with E-state index in [0.717, 1.165) is 5.56 Å². The van der Waals surface area contributed by atoms with Gasteiger partial charge in [0.15, 0.2) is 0 Å². The molecule has 0 unspecified atom stereocenters. The van der Waals surface area contributed by atoms with E-state index < -0.39 is 11.7 Å². The van der Waals surface area contributed by atoms with Gasteiger partial charge in [-0.2, -0.15) is 0 Å². The van der Waals surface area contributed by atoms with Crippen molar-refractivity contribution in [3.05, 3.63) is 23.5 Å². The predicted molar refractivity (Wildman–Crippen MR) is 56.7 cm³/mol. The van der Waals surface area contributed by atoms with Gasteiger partial charge in [-0.1, -0.05) is 0 Å². The first-order valence-electron chi connectivity index (χ1n) is 4.86. The van der Waals surface area contributed by atoms with Crippen molar-refractivity contribution in [1.29, 1.82) is 0 Å². The van der Waals surface area contributed by atoms with Gasteiger partial charge in [0.1, 0.15) is 5.60 Å². The maximum Gasteiger partial charge on any atom is 0.418 e. The Morgan fingerprint density at radius 2 is 2.13 bits per heavy atom. The van der Waals surface area contributed by atoms with Crippen LogP contribution in [0.3, 0.4) is 0 Å². The van der Waals surface area contributed by atoms with Crippen LogP contribution in [0.2, 0.25) is 0 Å². The minimum absolute atomic E-state index is 0.169. The van der Waals surface area contributed by atoms with Crippen molar-refractivity contribution in [2.75, 3.05) is 0 Å². The fraction of sp³-hybridized carbons (Fsp3) is 0.545. The molecule has 0 spiro atoms. The van der Waals surface area contributed by atoms with Gasteiger partial charge in [0.05, 0.1) is 12.3 Å². The highest BCUT2D eigenvalue weighted by Crippen LogP contribution is 2.14. The maximum absolute atomic E-state index is 11.7. The maximum atomic E-state index is 11.7. The molecule has 0 amide bonds. The van der Waals surface area contributed by atoms with Gasteiger partial charge < -0.3 is 9.84 Å². The number of hydrogen-bond acceptors (Lipinski definition) is 3. The first kappa shape index (κ1) is 11.8. The average Bonchev–Trinajstić information content (AvgIpc) is 2.43. The lowest BCUT2D eigenvalue weighted by molar-refractivity contribution is 0.0525. The van der Waals surface area contributed by atoms with Crippen molar-refractivity contribution in [2.45, 2.75) is 39.9 Å². The summed E-state index contributed by atoms with van der Waals surface area (Å²) in [6.45, 7) is 7.09. The normalized spacial score (nSPS) is 11.5. The van der Waals surface area contributed by atoms with Gasteiger partial charge in [-0.15, -0.1) is 0 Å². The fourth-order valence-electron chi connectivity index (χ4n) is 1.25. The number of aliphatic hydroxyl groups excluding tert-OH is 1. The first-order chi connectivity index (χ1) is 6.85. The van der Waals surface area contributed by atoms with Crippen LogP contribution in [0.15, 0.2) is 12.3 Å². The number of carbonyl (C=O) groups is 1. The lowest BCUT2D eigenvalue weighted by Gasteiger charge is -2.20. The minimum atomic E-state index is -0.526. The van der Waals surface area contributed by atoms with E-state index in [2.05, 4.69) is 0 Å². The molecule has 0 bridgehead atoms. The summed E-state index contributed by atoms with van der Waals surface area (Å²) in [6.07, 6.45) is 1.15. The van der Waals surface area contributed by atoms with E-state index in [0.29, 0.717) is 5.69 Å². The third kappa shape index (κ3) is 2.83. The SMILES string of the molecule is Cc1ccn(C(=O)OC(C)(C)C)c1CO. The molecule has 15 heavy (non-hydrogen) atoms. The van der Waals surface area contributed by atoms with Crippen molar-refractivity contribution in [3.8, 4) is 0 Å². The van der Waals surface area contributed by atoms with E-state index in [1.165, 1.54) is 4.57 Å². The predicted octanol–water partition coefficient (Wildman–Crippen LogP) is 2.07. The Bertz CT molecular complexity index is 360. The van der Waals surface area contributed by atoms with Crippen LogP contribution in [-0.4, -0.2) is 21.4 Å². The van der Waals surface area contributed by atoms with Crippen LogP contribution in [-0.2, 0) is 11.3 Å². The number of aliphatic hydroxyl groups is 1. The van der Waals surface area contributed by atoms with Crippen LogP contribution in [0.25, 0.3) is 0 Å². The third-order valence-corrected chi connectivity index (χ3v) is 1.96. The molecule has 0 atom stereocenters. The van der Waals surface area contributed by atoms with E-state index in [1.54, 1.807) is 33.0 Å². The molecule has 0 saturated heterocycles. The van der Waals surface area contributed by atoms with E-state index in [9.17, 15) is 4.79 Å². The molecule has 0 saturated carbocycles. The van der Waals surface area contributed by atoms with Crippen LogP contribution in [0.4, 0.5) is 4.79 Å². The number of carbonyl (C=O) groups excluding carboxylic acids is 1. The largest absolute Gasteiger partial charge is 0.443 e. The molecule has 0 radical (unpaired) electrons. The molecule has 0 aromatic carbocycles. The number of nitrogens with zero attached hydrogens (tertiary/aromatic N) is 1. The molecule has 1 rings (SSSR count). The number of aryl methyl sites for hydroxylation is 1. The second-order valence-electron chi connectivity index (χ2n) is 4.45. The van der Waals surface area contributed by atoms with Gasteiger partial charge in [-0.25, -0.2) is 4.79 Å². The zero-order valence-electron chi connectivity index (χ0n) is 9.57. The van der Waals surface area contributed by atoms with Crippen LogP contribution in [0.1, 0.15) is 32.0 Å². The summed E-state index contributed by atoms with van der Waals surface area (Å²) in [5.74, 6) is 0. The van der Waals surface area contributed by atoms with Crippen molar-refractivity contribution in [3.63, 3.8) is 0 Å². The molecular weight excluding hydrogens is 194 g/mol. The molecule has 0 aliphatic heterocycles. The molecule has 1 aromatic heterocycles. The van der Waals surface area contributed by atoms with Crippen molar-refractivity contribution < 1.29 is 14.6 Å². The van der Waals surface area contributed by atoms with Crippen molar-refractivity contribution in [1.82, 2.24) is 4.57 Å². The molecule has 0 aliphatic carbocycles. The summed E-state index contributed by atoms with van der Waals surface area (Å²) >= 11 is 0. The first-order valence-corrected chi connectivity index (χ1v) is 4.86. The standard InChI is InChI=1S/C11H17NO3/c1-8-5-6-12(9(8)7-13)10(14)15-11(2,3)4/h5-6,13H,7H2,1-4H3. The van der Waals surface area contributed by atoms with Gasteiger partial charge in [0, 0.05) is 6.20 Å². The second-order valence-corrected chi connectivity index (χ2v) is 4.45. The summed E-state index contributed by atoms with van der Waals surface area (Å²) in [5, 5.41) is 9.11. The van der Waals surface area contributed by atoms with Crippen LogP contribution < -0.4 is 0 Å². The number of ether oxygens (including phenoxy) is 1. The quantitative estimate of drug-likeness (QED) is 0.773. The number of rotatable bonds is 1. The Labute approximate surface area is 89.5 Å². The lowest BCUT2D eigenvalue weighted by atomic mass is 10.2. The molecule has 1 heterocycles. The van der Waals surface area contributed by atoms with Gasteiger partial charge >= 0.3 is 6.09 Å². The Hall–Kier alpha value is -1.29. The zero-order chi connectivity index (χ0) is 11.6. The number of hydrogen-bond donors (Lipinski definition) is 1. The zero-order valence-corrected chi connectivity index (χ0v) is 9.57. The summed E-state index contributed by atoms with van der Waals surface area (Å²) in [5.41, 5.74) is 0.926. The molecule has 84 valence electrons. The molecule has 1 aromatic rings. The van der Waals surface area contributed by atoms with Gasteiger partial charge in [0.25, 0.3) is 0 Å². The highest BCUT2D eigenvalue weighted by Gasteiger charge is 2.19. The number of aromatic nitrogens is 1. The molecule has 0 fully saturated rings. The van der Waals surface area contributed by atoms with Crippen molar-refractivity contribution in [2.24, 2.45) is 0 Å². The van der Waals surface area contributed by atoms with Crippen LogP contribution in [0.5, 0.6) is 0 Å². The smallest absolute Gasteiger partial charge is 0.418 e. The highest BCUT2D eigenvalue weighted by atomic mass is 16.6. The van der Waals surface area contributed by atoms with Gasteiger partial charge in [-0.3, -0.25) is 4.57 Å². The highest BCUT2D eigenvalue weighted by molar-refractivity contribution is 5.72. The van der Waals surface area contributed by atoms with Gasteiger partial charge in [-0.05, 0) is 39.3 Å². The van der Waals surface area contributed by atoms with Gasteiger partial charge in [0.2, 0.25) is 0 Å². The Balaban J connectivity index is 2.92. The second kappa shape index (κ2) is 4.06. The topological polar surface area (TPSA) is 51.5 Å². The van der Waals surface area contributed by atoms with E-state index in [-0.39, 0.29) is 6.61 Å². The van der Waals surface area contributed by atoms with Crippen LogP contribution in [0, 0.1) is 6.92 Å². The summed E-state index contributed by atoms with van der Waals surface area (Å²) in [6, 6.07) is 1.77. The molecular formula is C11H17NO3. The molecule has 4 nitrogen and oxygen atoms in total. The Morgan fingerprint density at radius 3 is 2.60 bits per heavy atom.